The summed E-state index contributed by atoms with van der Waals surface area (Å²) >= 11 is 0. The predicted octanol–water partition coefficient (Wildman–Crippen LogP) is 1.17. The quantitative estimate of drug-likeness (QED) is 0.847. The Morgan fingerprint density at radius 1 is 1.24 bits per heavy atom. The van der Waals surface area contributed by atoms with Gasteiger partial charge in [0.25, 0.3) is 0 Å². The van der Waals surface area contributed by atoms with Crippen LogP contribution >= 0.6 is 0 Å². The average molecular weight is 256 g/mol. The van der Waals surface area contributed by atoms with Gasteiger partial charge in [0, 0.05) is 0 Å². The van der Waals surface area contributed by atoms with E-state index in [0.717, 1.165) is 0 Å². The van der Waals surface area contributed by atoms with Crippen LogP contribution in [0.3, 0.4) is 0 Å². The van der Waals surface area contributed by atoms with E-state index in [1.165, 1.54) is 24.3 Å². The number of phenols is 1. The highest BCUT2D eigenvalue weighted by atomic mass is 32.2. The van der Waals surface area contributed by atoms with Gasteiger partial charge in [-0.05, 0) is 31.4 Å². The Labute approximate surface area is 98.6 Å². The van der Waals surface area contributed by atoms with Gasteiger partial charge >= 0.3 is 5.97 Å². The molecule has 2 N–H and O–H groups in total. The van der Waals surface area contributed by atoms with Crippen molar-refractivity contribution in [1.82, 2.24) is 0 Å². The number of aliphatic carboxylic acids is 1. The largest absolute Gasteiger partial charge is 0.507 e. The van der Waals surface area contributed by atoms with Crippen LogP contribution < -0.4 is 0 Å². The molecule has 0 amide bonds. The van der Waals surface area contributed by atoms with Crippen molar-refractivity contribution < 1.29 is 23.4 Å². The molecule has 1 aliphatic carbocycles. The molecular weight excluding hydrogens is 244 g/mol. The molecule has 0 aliphatic heterocycles. The lowest BCUT2D eigenvalue weighted by Gasteiger charge is -2.36. The number of rotatable bonds is 3. The molecule has 6 heteroatoms. The van der Waals surface area contributed by atoms with Crippen molar-refractivity contribution >= 4 is 15.8 Å². The Morgan fingerprint density at radius 3 is 2.24 bits per heavy atom. The van der Waals surface area contributed by atoms with Crippen molar-refractivity contribution in [2.24, 2.45) is 0 Å². The van der Waals surface area contributed by atoms with Crippen molar-refractivity contribution in [3.05, 3.63) is 24.3 Å². The Kier molecular flexibility index (Phi) is 2.61. The number of carboxylic acid groups (broad SMARTS) is 1. The second-order valence-electron chi connectivity index (χ2n) is 4.12. The Balaban J connectivity index is 2.58. The molecule has 0 heterocycles. The summed E-state index contributed by atoms with van der Waals surface area (Å²) in [5.41, 5.74) is 0. The van der Waals surface area contributed by atoms with Crippen LogP contribution in [0, 0.1) is 0 Å². The van der Waals surface area contributed by atoms with E-state index < -0.39 is 26.3 Å². The summed E-state index contributed by atoms with van der Waals surface area (Å²) in [4.78, 5) is 10.9. The minimum Gasteiger partial charge on any atom is -0.507 e. The molecular formula is C11H12O5S. The summed E-state index contributed by atoms with van der Waals surface area (Å²) in [6, 6.07) is 5.41. The van der Waals surface area contributed by atoms with E-state index in [1.54, 1.807) is 0 Å². The number of aromatic hydroxyl groups is 1. The highest BCUT2D eigenvalue weighted by Crippen LogP contribution is 2.44. The number of carboxylic acids is 1. The number of phenolic OH excluding ortho intramolecular Hbond substituents is 1. The molecule has 5 nitrogen and oxygen atoms in total. The second-order valence-corrected chi connectivity index (χ2v) is 6.35. The fourth-order valence-electron chi connectivity index (χ4n) is 1.99. The number of sulfone groups is 1. The average Bonchev–Trinajstić information content (AvgIpc) is 2.14. The van der Waals surface area contributed by atoms with Crippen molar-refractivity contribution in [1.29, 1.82) is 0 Å². The molecule has 17 heavy (non-hydrogen) atoms. The fourth-order valence-corrected chi connectivity index (χ4v) is 4.07. The lowest BCUT2D eigenvalue weighted by Crippen LogP contribution is -2.51. The van der Waals surface area contributed by atoms with Gasteiger partial charge in [0.15, 0.2) is 14.6 Å². The van der Waals surface area contributed by atoms with Gasteiger partial charge in [0.05, 0.1) is 0 Å². The van der Waals surface area contributed by atoms with Gasteiger partial charge in [-0.1, -0.05) is 12.1 Å². The van der Waals surface area contributed by atoms with E-state index in [2.05, 4.69) is 0 Å². The van der Waals surface area contributed by atoms with Crippen LogP contribution in [0.1, 0.15) is 19.3 Å². The van der Waals surface area contributed by atoms with Crippen molar-refractivity contribution in [3.8, 4) is 5.75 Å². The van der Waals surface area contributed by atoms with Crippen LogP contribution in [-0.4, -0.2) is 29.3 Å². The third-order valence-electron chi connectivity index (χ3n) is 3.22. The molecule has 1 aromatic carbocycles. The minimum atomic E-state index is -4.04. The summed E-state index contributed by atoms with van der Waals surface area (Å²) in [6.45, 7) is 0. The Hall–Kier alpha value is -1.56. The number of benzene rings is 1. The predicted molar refractivity (Wildman–Crippen MR) is 59.5 cm³/mol. The first-order chi connectivity index (χ1) is 7.92. The first-order valence-corrected chi connectivity index (χ1v) is 6.66. The van der Waals surface area contributed by atoms with Gasteiger partial charge in [-0.3, -0.25) is 4.79 Å². The maximum absolute atomic E-state index is 12.3. The summed E-state index contributed by atoms with van der Waals surface area (Å²) in [7, 11) is -4.04. The van der Waals surface area contributed by atoms with Crippen LogP contribution in [0.2, 0.25) is 0 Å². The van der Waals surface area contributed by atoms with Gasteiger partial charge in [-0.25, -0.2) is 8.42 Å². The number of hydrogen-bond acceptors (Lipinski definition) is 4. The van der Waals surface area contributed by atoms with Crippen LogP contribution in [-0.2, 0) is 14.6 Å². The van der Waals surface area contributed by atoms with Gasteiger partial charge in [0.1, 0.15) is 10.6 Å². The SMILES string of the molecule is O=C(O)C1(S(=O)(=O)c2ccccc2O)CCC1. The molecule has 0 saturated heterocycles. The molecule has 0 aromatic heterocycles. The lowest BCUT2D eigenvalue weighted by atomic mass is 9.84. The molecule has 0 unspecified atom stereocenters. The van der Waals surface area contributed by atoms with E-state index in [-0.39, 0.29) is 17.7 Å². The molecule has 1 fully saturated rings. The Morgan fingerprint density at radius 2 is 1.82 bits per heavy atom. The van der Waals surface area contributed by atoms with Crippen molar-refractivity contribution in [2.75, 3.05) is 0 Å². The number of carbonyl (C=O) groups is 1. The van der Waals surface area contributed by atoms with Crippen LogP contribution in [0.15, 0.2) is 29.2 Å². The smallest absolute Gasteiger partial charge is 0.325 e. The maximum atomic E-state index is 12.3. The molecule has 0 bridgehead atoms. The summed E-state index contributed by atoms with van der Waals surface area (Å²) < 4.78 is 22.8. The normalized spacial score (nSPS) is 18.4. The highest BCUT2D eigenvalue weighted by molar-refractivity contribution is 7.93. The molecule has 1 aromatic rings. The van der Waals surface area contributed by atoms with Crippen molar-refractivity contribution in [3.63, 3.8) is 0 Å². The molecule has 2 rings (SSSR count). The van der Waals surface area contributed by atoms with Crippen LogP contribution in [0.25, 0.3) is 0 Å². The standard InChI is InChI=1S/C11H12O5S/c12-8-4-1-2-5-9(8)17(15,16)11(10(13)14)6-3-7-11/h1-2,4-5,12H,3,6-7H2,(H,13,14). The minimum absolute atomic E-state index is 0.0962. The molecule has 1 aliphatic rings. The zero-order valence-electron chi connectivity index (χ0n) is 8.96. The maximum Gasteiger partial charge on any atom is 0.325 e. The van der Waals surface area contributed by atoms with Crippen LogP contribution in [0.5, 0.6) is 5.75 Å². The van der Waals surface area contributed by atoms with E-state index >= 15 is 0 Å². The summed E-state index contributed by atoms with van der Waals surface area (Å²) in [6.07, 6.45) is 0.761. The Bertz CT molecular complexity index is 557. The van der Waals surface area contributed by atoms with Gasteiger partial charge < -0.3 is 10.2 Å². The molecule has 0 spiro atoms. The third kappa shape index (κ3) is 1.51. The monoisotopic (exact) mass is 256 g/mol. The topological polar surface area (TPSA) is 91.7 Å². The van der Waals surface area contributed by atoms with E-state index in [1.807, 2.05) is 0 Å². The zero-order valence-corrected chi connectivity index (χ0v) is 9.77. The summed E-state index contributed by atoms with van der Waals surface area (Å²) in [5, 5.41) is 18.6. The van der Waals surface area contributed by atoms with Crippen LogP contribution in [0.4, 0.5) is 0 Å². The van der Waals surface area contributed by atoms with E-state index in [0.29, 0.717) is 6.42 Å². The zero-order chi connectivity index (χ0) is 12.7. The molecule has 1 saturated carbocycles. The molecule has 0 radical (unpaired) electrons. The van der Waals surface area contributed by atoms with E-state index in [9.17, 15) is 18.3 Å². The number of para-hydroxylation sites is 1. The van der Waals surface area contributed by atoms with Gasteiger partial charge in [-0.2, -0.15) is 0 Å². The highest BCUT2D eigenvalue weighted by Gasteiger charge is 2.56. The van der Waals surface area contributed by atoms with Crippen molar-refractivity contribution in [2.45, 2.75) is 28.9 Å². The third-order valence-corrected chi connectivity index (χ3v) is 5.76. The molecule has 0 atom stereocenters. The van der Waals surface area contributed by atoms with Gasteiger partial charge in [0.2, 0.25) is 0 Å². The van der Waals surface area contributed by atoms with Gasteiger partial charge in [-0.15, -0.1) is 0 Å². The fraction of sp³-hybridized carbons (Fsp3) is 0.364. The molecule has 92 valence electrons. The first-order valence-electron chi connectivity index (χ1n) is 5.18. The summed E-state index contributed by atoms with van der Waals surface area (Å²) in [5.74, 6) is -1.74. The second kappa shape index (κ2) is 3.73. The number of hydrogen-bond donors (Lipinski definition) is 2. The first kappa shape index (κ1) is 11.9. The lowest BCUT2D eigenvalue weighted by molar-refractivity contribution is -0.142. The van der Waals surface area contributed by atoms with E-state index in [4.69, 9.17) is 5.11 Å².